The van der Waals surface area contributed by atoms with Crippen molar-refractivity contribution >= 4 is 33.6 Å². The third-order valence-corrected chi connectivity index (χ3v) is 10.7. The molecule has 3 aromatic heterocycles. The van der Waals surface area contributed by atoms with E-state index >= 15 is 0 Å². The topological polar surface area (TPSA) is 138 Å². The van der Waals surface area contributed by atoms with Gasteiger partial charge in [-0.3, -0.25) is 4.79 Å². The molecular weight excluding hydrogens is 715 g/mol. The summed E-state index contributed by atoms with van der Waals surface area (Å²) in [6.07, 6.45) is 1.78. The number of carboxylic acid groups (broad SMARTS) is 1. The summed E-state index contributed by atoms with van der Waals surface area (Å²) in [4.78, 5) is 39.8. The number of aliphatic hydroxyl groups is 1. The maximum atomic E-state index is 13.7. The Morgan fingerprint density at radius 2 is 1.72 bits per heavy atom. The Labute approximate surface area is 309 Å². The average Bonchev–Trinajstić information content (AvgIpc) is 3.55. The molecule has 286 valence electrons. The number of ether oxygens (including phenoxy) is 1. The Balaban J connectivity index is 0.000000705. The highest BCUT2D eigenvalue weighted by atomic mass is 32.1. The SMILES string of the molecule is CC(C)(C)[C@H]1CCc2nc3sc(C(=O)N[C@H](CCN4CCC(O)CC4)c4ccc(-c5ccc(OCCF)nc5)cc4)nc3cc2C1.O=C(O)C(F)(F)F. The number of amides is 1. The van der Waals surface area contributed by atoms with Gasteiger partial charge in [-0.2, -0.15) is 13.2 Å². The Bertz CT molecular complexity index is 1840. The summed E-state index contributed by atoms with van der Waals surface area (Å²) in [5.74, 6) is -1.95. The van der Waals surface area contributed by atoms with Crippen LogP contribution in [0.5, 0.6) is 5.88 Å². The number of carboxylic acids is 1. The first-order valence-corrected chi connectivity index (χ1v) is 18.5. The number of likely N-dealkylation sites (tertiary alicyclic amines) is 1. The maximum absolute atomic E-state index is 13.7. The van der Waals surface area contributed by atoms with Crippen LogP contribution in [0.3, 0.4) is 0 Å². The number of hydrogen-bond acceptors (Lipinski definition) is 9. The number of piperidine rings is 1. The predicted molar refractivity (Wildman–Crippen MR) is 194 cm³/mol. The molecule has 0 radical (unpaired) electrons. The molecule has 4 aromatic rings. The van der Waals surface area contributed by atoms with Crippen molar-refractivity contribution < 1.29 is 42.1 Å². The van der Waals surface area contributed by atoms with E-state index in [0.717, 1.165) is 90.9 Å². The van der Waals surface area contributed by atoms with Crippen molar-refractivity contribution in [2.24, 2.45) is 11.3 Å². The number of halogens is 4. The molecule has 0 spiro atoms. The van der Waals surface area contributed by atoms with Gasteiger partial charge >= 0.3 is 12.1 Å². The number of aliphatic hydroxyl groups excluding tert-OH is 1. The van der Waals surface area contributed by atoms with Gasteiger partial charge in [-0.25, -0.2) is 24.1 Å². The second-order valence-corrected chi connectivity index (χ2v) is 15.5. The van der Waals surface area contributed by atoms with E-state index in [2.05, 4.69) is 42.0 Å². The van der Waals surface area contributed by atoms with Crippen molar-refractivity contribution in [2.45, 2.75) is 77.6 Å². The zero-order valence-electron chi connectivity index (χ0n) is 30.0. The van der Waals surface area contributed by atoms with Gasteiger partial charge in [-0.1, -0.05) is 56.4 Å². The number of carbonyl (C=O) groups is 2. The fourth-order valence-corrected chi connectivity index (χ4v) is 7.38. The smallest absolute Gasteiger partial charge is 0.475 e. The number of nitrogens with one attached hydrogen (secondary N) is 1. The number of fused-ring (bicyclic) bond motifs is 2. The first-order chi connectivity index (χ1) is 25.1. The van der Waals surface area contributed by atoms with Crippen LogP contribution in [-0.4, -0.2) is 87.1 Å². The van der Waals surface area contributed by atoms with Crippen LogP contribution < -0.4 is 10.1 Å². The van der Waals surface area contributed by atoms with E-state index in [1.807, 2.05) is 30.3 Å². The lowest BCUT2D eigenvalue weighted by Gasteiger charge is -2.34. The number of pyridine rings is 2. The third kappa shape index (κ3) is 10.9. The van der Waals surface area contributed by atoms with Gasteiger partial charge < -0.3 is 25.2 Å². The van der Waals surface area contributed by atoms with Gasteiger partial charge in [0.15, 0.2) is 5.01 Å². The van der Waals surface area contributed by atoms with Gasteiger partial charge in [0, 0.05) is 43.2 Å². The van der Waals surface area contributed by atoms with Crippen LogP contribution in [0.1, 0.15) is 79.1 Å². The number of hydrogen-bond donors (Lipinski definition) is 3. The fraction of sp³-hybridized carbons (Fsp3) is 0.500. The minimum absolute atomic E-state index is 0.0143. The number of aromatic nitrogens is 3. The summed E-state index contributed by atoms with van der Waals surface area (Å²) in [7, 11) is 0. The van der Waals surface area contributed by atoms with Crippen molar-refractivity contribution in [1.29, 1.82) is 0 Å². The fourth-order valence-electron chi connectivity index (χ4n) is 6.53. The summed E-state index contributed by atoms with van der Waals surface area (Å²) >= 11 is 1.36. The van der Waals surface area contributed by atoms with Crippen LogP contribution in [0, 0.1) is 11.3 Å². The minimum atomic E-state index is -5.08. The van der Waals surface area contributed by atoms with E-state index in [-0.39, 0.29) is 30.1 Å². The van der Waals surface area contributed by atoms with Gasteiger partial charge in [0.2, 0.25) is 5.88 Å². The molecule has 0 unspecified atom stereocenters. The standard InChI is InChI=1S/C36H44FN5O3S.C2HF3O2/c1-36(2,3)27-9-10-29-26(20-27)21-31-34(40-29)46-35(41-31)33(44)39-30(14-18-42-16-12-28(43)13-17-42)24-6-4-23(5-7-24)25-8-11-32(38-22-25)45-19-15-37;3-2(4,5)1(6)7/h4-8,11,21-22,27-28,30,43H,9-10,12-20H2,1-3H3,(H,39,44);(H,6,7)/t27-,30+;/m0./s1. The summed E-state index contributed by atoms with van der Waals surface area (Å²) in [6.45, 7) is 8.86. The van der Waals surface area contributed by atoms with Crippen molar-refractivity contribution in [3.05, 3.63) is 70.5 Å². The Kier molecular flexibility index (Phi) is 13.0. The van der Waals surface area contributed by atoms with Gasteiger partial charge in [0.05, 0.1) is 12.1 Å². The monoisotopic (exact) mass is 759 g/mol. The zero-order chi connectivity index (χ0) is 38.3. The average molecular weight is 760 g/mol. The lowest BCUT2D eigenvalue weighted by Crippen LogP contribution is -2.38. The molecule has 1 aliphatic heterocycles. The molecule has 4 heterocycles. The van der Waals surface area contributed by atoms with Crippen molar-refractivity contribution in [1.82, 2.24) is 25.2 Å². The number of nitrogens with zero attached hydrogens (tertiary/aromatic N) is 4. The highest BCUT2D eigenvalue weighted by Crippen LogP contribution is 2.38. The van der Waals surface area contributed by atoms with Gasteiger partial charge in [-0.05, 0) is 78.7 Å². The Hall–Kier alpha value is -4.21. The first kappa shape index (κ1) is 40.0. The van der Waals surface area contributed by atoms with Gasteiger partial charge in [-0.15, -0.1) is 0 Å². The van der Waals surface area contributed by atoms with Crippen LogP contribution in [-0.2, 0) is 17.6 Å². The first-order valence-electron chi connectivity index (χ1n) is 17.7. The van der Waals surface area contributed by atoms with Crippen molar-refractivity contribution in [3.63, 3.8) is 0 Å². The molecule has 15 heteroatoms. The normalized spacial score (nSPS) is 17.4. The molecule has 1 fully saturated rings. The molecule has 10 nitrogen and oxygen atoms in total. The Morgan fingerprint density at radius 3 is 2.32 bits per heavy atom. The number of aryl methyl sites for hydroxylation is 1. The van der Waals surface area contributed by atoms with Crippen molar-refractivity contribution in [3.8, 4) is 17.0 Å². The second-order valence-electron chi connectivity index (χ2n) is 14.5. The lowest BCUT2D eigenvalue weighted by molar-refractivity contribution is -0.192. The highest BCUT2D eigenvalue weighted by molar-refractivity contribution is 7.19. The molecule has 0 bridgehead atoms. The number of rotatable bonds is 10. The van der Waals surface area contributed by atoms with E-state index < -0.39 is 18.8 Å². The zero-order valence-corrected chi connectivity index (χ0v) is 30.8. The molecule has 6 rings (SSSR count). The van der Waals surface area contributed by atoms with Crippen LogP contribution in [0.2, 0.25) is 0 Å². The summed E-state index contributed by atoms with van der Waals surface area (Å²) in [5, 5.41) is 20.8. The third-order valence-electron chi connectivity index (χ3n) is 9.72. The molecule has 2 aliphatic rings. The van der Waals surface area contributed by atoms with E-state index in [1.54, 1.807) is 12.3 Å². The maximum Gasteiger partial charge on any atom is 0.490 e. The van der Waals surface area contributed by atoms with Crippen LogP contribution in [0.4, 0.5) is 17.6 Å². The molecule has 3 N–H and O–H groups in total. The quantitative estimate of drug-likeness (QED) is 0.143. The van der Waals surface area contributed by atoms with Crippen LogP contribution in [0.15, 0.2) is 48.7 Å². The van der Waals surface area contributed by atoms with E-state index in [4.69, 9.17) is 24.6 Å². The van der Waals surface area contributed by atoms with Gasteiger partial charge in [0.25, 0.3) is 5.91 Å². The number of alkyl halides is 4. The predicted octanol–water partition coefficient (Wildman–Crippen LogP) is 7.20. The number of aliphatic carboxylic acids is 1. The largest absolute Gasteiger partial charge is 0.490 e. The molecule has 1 aliphatic carbocycles. The van der Waals surface area contributed by atoms with E-state index in [9.17, 15) is 27.5 Å². The van der Waals surface area contributed by atoms with E-state index in [0.29, 0.717) is 16.8 Å². The molecule has 1 amide bonds. The van der Waals surface area contributed by atoms with Crippen LogP contribution in [0.25, 0.3) is 21.5 Å². The highest BCUT2D eigenvalue weighted by Gasteiger charge is 2.38. The van der Waals surface area contributed by atoms with Crippen molar-refractivity contribution in [2.75, 3.05) is 32.9 Å². The van der Waals surface area contributed by atoms with Gasteiger partial charge in [0.1, 0.15) is 23.6 Å². The van der Waals surface area contributed by atoms with E-state index in [1.165, 1.54) is 16.9 Å². The Morgan fingerprint density at radius 1 is 1.04 bits per heavy atom. The molecule has 1 saturated heterocycles. The molecule has 2 atom stereocenters. The lowest BCUT2D eigenvalue weighted by atomic mass is 9.71. The molecule has 0 saturated carbocycles. The van der Waals surface area contributed by atoms with Crippen LogP contribution >= 0.6 is 11.3 Å². The summed E-state index contributed by atoms with van der Waals surface area (Å²) < 4.78 is 49.4. The number of thiazole rings is 1. The molecule has 53 heavy (non-hydrogen) atoms. The molecular formula is C38H45F4N5O5S. The summed E-state index contributed by atoms with van der Waals surface area (Å²) in [6, 6.07) is 13.7. The number of carbonyl (C=O) groups excluding carboxylic acids is 1. The minimum Gasteiger partial charge on any atom is -0.475 e. The summed E-state index contributed by atoms with van der Waals surface area (Å²) in [5.41, 5.74) is 6.36. The second kappa shape index (κ2) is 17.3. The number of benzene rings is 1. The molecule has 1 aromatic carbocycles.